The van der Waals surface area contributed by atoms with Crippen LogP contribution in [-0.4, -0.2) is 34.9 Å². The van der Waals surface area contributed by atoms with Crippen LogP contribution < -0.4 is 5.32 Å². The lowest BCUT2D eigenvalue weighted by molar-refractivity contribution is -0.763. The van der Waals surface area contributed by atoms with Crippen molar-refractivity contribution in [2.45, 2.75) is 13.5 Å². The van der Waals surface area contributed by atoms with Gasteiger partial charge in [0.25, 0.3) is 11.0 Å². The van der Waals surface area contributed by atoms with Crippen LogP contribution in [0.2, 0.25) is 4.34 Å². The molecule has 136 valence electrons. The van der Waals surface area contributed by atoms with Crippen molar-refractivity contribution in [1.29, 1.82) is 0 Å². The van der Waals surface area contributed by atoms with Crippen LogP contribution in [0.25, 0.3) is 0 Å². The van der Waals surface area contributed by atoms with E-state index in [1.165, 1.54) is 16.2 Å². The fourth-order valence-corrected chi connectivity index (χ4v) is 3.56. The van der Waals surface area contributed by atoms with Crippen molar-refractivity contribution in [1.82, 2.24) is 4.90 Å². The average Bonchev–Trinajstić information content (AvgIpc) is 3.21. The summed E-state index contributed by atoms with van der Waals surface area (Å²) in [6, 6.07) is 6.54. The number of halogens is 1. The summed E-state index contributed by atoms with van der Waals surface area (Å²) < 4.78 is 0.600. The summed E-state index contributed by atoms with van der Waals surface area (Å²) in [5.74, 6) is 0.186. The van der Waals surface area contributed by atoms with Crippen LogP contribution >= 0.6 is 22.9 Å². The molecule has 0 aliphatic carbocycles. The highest BCUT2D eigenvalue weighted by Crippen LogP contribution is 2.32. The Morgan fingerprint density at radius 1 is 1.54 bits per heavy atom. The third-order valence-electron chi connectivity index (χ3n) is 3.76. The molecule has 0 radical (unpaired) electrons. The third kappa shape index (κ3) is 3.94. The summed E-state index contributed by atoms with van der Waals surface area (Å²) >= 11 is 7.58. The number of carbonyl (C=O) groups is 1. The maximum Gasteiger partial charge on any atom is 0.294 e. The highest BCUT2D eigenvalue weighted by molar-refractivity contribution is 7.15. The van der Waals surface area contributed by atoms with Gasteiger partial charge in [0.05, 0.1) is 12.2 Å². The van der Waals surface area contributed by atoms with Crippen molar-refractivity contribution in [3.05, 3.63) is 60.8 Å². The van der Waals surface area contributed by atoms with E-state index in [0.717, 1.165) is 11.3 Å². The molecular formula is C16H15ClN4O4S. The lowest BCUT2D eigenvalue weighted by atomic mass is 10.1. The van der Waals surface area contributed by atoms with Gasteiger partial charge in [0.1, 0.15) is 10.9 Å². The molecular weight excluding hydrogens is 380 g/mol. The zero-order valence-electron chi connectivity index (χ0n) is 13.8. The number of thiophene rings is 1. The molecule has 2 heterocycles. The minimum atomic E-state index is -0.865. The number of benzene rings is 1. The van der Waals surface area contributed by atoms with Crippen LogP contribution in [0.3, 0.4) is 0 Å². The molecule has 2 aromatic rings. The van der Waals surface area contributed by atoms with E-state index in [0.29, 0.717) is 34.5 Å². The SMILES string of the molecule is Cc1csc(Cl)c1NC1=NCCN1C(=O)c1cccc(CO[N+](=O)[O-])c1. The number of hydrogen-bond donors (Lipinski definition) is 1. The minimum absolute atomic E-state index is 0.211. The number of nitrogens with zero attached hydrogens (tertiary/aromatic N) is 3. The van der Waals surface area contributed by atoms with E-state index in [1.54, 1.807) is 24.3 Å². The summed E-state index contributed by atoms with van der Waals surface area (Å²) in [6.07, 6.45) is 0. The van der Waals surface area contributed by atoms with Gasteiger partial charge in [-0.25, -0.2) is 0 Å². The molecule has 0 saturated carbocycles. The Balaban J connectivity index is 1.76. The monoisotopic (exact) mass is 394 g/mol. The molecule has 0 bridgehead atoms. The Kier molecular flexibility index (Phi) is 5.38. The Morgan fingerprint density at radius 2 is 2.35 bits per heavy atom. The third-order valence-corrected chi connectivity index (χ3v) is 5.10. The summed E-state index contributed by atoms with van der Waals surface area (Å²) in [5, 5.41) is 14.5. The molecule has 8 nitrogen and oxygen atoms in total. The standard InChI is InChI=1S/C16H15ClN4O4S/c1-10-9-26-14(17)13(10)19-16-18-5-6-20(16)15(22)12-4-2-3-11(7-12)8-25-21(23)24/h2-4,7,9H,5-6,8H2,1H3,(H,18,19). The van der Waals surface area contributed by atoms with Crippen LogP contribution in [0, 0.1) is 17.0 Å². The summed E-state index contributed by atoms with van der Waals surface area (Å²) in [6.45, 7) is 2.64. The summed E-state index contributed by atoms with van der Waals surface area (Å²) in [5.41, 5.74) is 2.65. The molecule has 1 aromatic heterocycles. The number of carbonyl (C=O) groups excluding carboxylic acids is 1. The van der Waals surface area contributed by atoms with E-state index in [9.17, 15) is 14.9 Å². The van der Waals surface area contributed by atoms with Gasteiger partial charge >= 0.3 is 0 Å². The normalized spacial score (nSPS) is 13.5. The number of nitrogens with one attached hydrogen (secondary N) is 1. The van der Waals surface area contributed by atoms with Gasteiger partial charge in [0.15, 0.2) is 0 Å². The van der Waals surface area contributed by atoms with Crippen molar-refractivity contribution in [2.24, 2.45) is 4.99 Å². The molecule has 0 atom stereocenters. The van der Waals surface area contributed by atoms with Crippen LogP contribution in [0.1, 0.15) is 21.5 Å². The zero-order valence-corrected chi connectivity index (χ0v) is 15.3. The van der Waals surface area contributed by atoms with Crippen LogP contribution in [0.15, 0.2) is 34.6 Å². The van der Waals surface area contributed by atoms with E-state index in [2.05, 4.69) is 15.1 Å². The number of amides is 1. The first kappa shape index (κ1) is 18.2. The van der Waals surface area contributed by atoms with Gasteiger partial charge in [-0.2, -0.15) is 0 Å². The van der Waals surface area contributed by atoms with Crippen LogP contribution in [-0.2, 0) is 11.4 Å². The van der Waals surface area contributed by atoms with E-state index < -0.39 is 5.09 Å². The number of hydrogen-bond acceptors (Lipinski definition) is 7. The Bertz CT molecular complexity index is 863. The first-order chi connectivity index (χ1) is 12.5. The fourth-order valence-electron chi connectivity index (χ4n) is 2.50. The largest absolute Gasteiger partial charge is 0.324 e. The number of aryl methyl sites for hydroxylation is 1. The maximum absolute atomic E-state index is 12.8. The van der Waals surface area contributed by atoms with Crippen LogP contribution in [0.5, 0.6) is 0 Å². The molecule has 1 amide bonds. The summed E-state index contributed by atoms with van der Waals surface area (Å²) in [7, 11) is 0. The van der Waals surface area contributed by atoms with Gasteiger partial charge in [0, 0.05) is 12.1 Å². The highest BCUT2D eigenvalue weighted by Gasteiger charge is 2.26. The van der Waals surface area contributed by atoms with E-state index in [1.807, 2.05) is 12.3 Å². The molecule has 3 rings (SSSR count). The topological polar surface area (TPSA) is 97.1 Å². The first-order valence-electron chi connectivity index (χ1n) is 7.69. The van der Waals surface area contributed by atoms with Crippen molar-refractivity contribution < 1.29 is 14.7 Å². The van der Waals surface area contributed by atoms with E-state index >= 15 is 0 Å². The summed E-state index contributed by atoms with van der Waals surface area (Å²) in [4.78, 5) is 33.4. The second-order valence-corrected chi connectivity index (χ2v) is 7.03. The van der Waals surface area contributed by atoms with E-state index in [4.69, 9.17) is 11.6 Å². The smallest absolute Gasteiger partial charge is 0.294 e. The lowest BCUT2D eigenvalue weighted by Crippen LogP contribution is -2.38. The molecule has 0 saturated heterocycles. The molecule has 10 heteroatoms. The Morgan fingerprint density at radius 3 is 3.04 bits per heavy atom. The van der Waals surface area contributed by atoms with Crippen molar-refractivity contribution in [2.75, 3.05) is 18.4 Å². The van der Waals surface area contributed by atoms with Gasteiger partial charge in [-0.1, -0.05) is 23.7 Å². The quantitative estimate of drug-likeness (QED) is 0.619. The van der Waals surface area contributed by atoms with Crippen molar-refractivity contribution in [3.63, 3.8) is 0 Å². The number of rotatable bonds is 5. The maximum atomic E-state index is 12.8. The number of aliphatic imine (C=N–C) groups is 1. The van der Waals surface area contributed by atoms with Crippen molar-refractivity contribution in [3.8, 4) is 0 Å². The number of anilines is 1. The van der Waals surface area contributed by atoms with Gasteiger partial charge < -0.3 is 10.2 Å². The first-order valence-corrected chi connectivity index (χ1v) is 8.94. The fraction of sp³-hybridized carbons (Fsp3) is 0.250. The van der Waals surface area contributed by atoms with Gasteiger partial charge in [0.2, 0.25) is 5.96 Å². The number of guanidine groups is 1. The molecule has 0 unspecified atom stereocenters. The lowest BCUT2D eigenvalue weighted by Gasteiger charge is -2.20. The molecule has 0 fully saturated rings. The van der Waals surface area contributed by atoms with Gasteiger partial charge in [-0.15, -0.1) is 21.5 Å². The zero-order chi connectivity index (χ0) is 18.7. The van der Waals surface area contributed by atoms with Gasteiger partial charge in [-0.05, 0) is 35.6 Å². The Hall–Kier alpha value is -2.65. The molecule has 1 aromatic carbocycles. The molecule has 1 aliphatic rings. The predicted octanol–water partition coefficient (Wildman–Crippen LogP) is 3.34. The average molecular weight is 395 g/mol. The van der Waals surface area contributed by atoms with Crippen molar-refractivity contribution >= 4 is 40.5 Å². The van der Waals surface area contributed by atoms with E-state index in [-0.39, 0.29) is 12.5 Å². The Labute approximate surface area is 158 Å². The van der Waals surface area contributed by atoms with Gasteiger partial charge in [-0.3, -0.25) is 14.7 Å². The second-order valence-electron chi connectivity index (χ2n) is 5.55. The molecule has 1 N–H and O–H groups in total. The second kappa shape index (κ2) is 7.71. The molecule has 1 aliphatic heterocycles. The molecule has 26 heavy (non-hydrogen) atoms. The van der Waals surface area contributed by atoms with Crippen LogP contribution in [0.4, 0.5) is 5.69 Å². The minimum Gasteiger partial charge on any atom is -0.324 e. The molecule has 0 spiro atoms. The highest BCUT2D eigenvalue weighted by atomic mass is 35.5. The predicted molar refractivity (Wildman–Crippen MR) is 99.3 cm³/mol.